The van der Waals surface area contributed by atoms with Crippen molar-refractivity contribution in [1.29, 1.82) is 0 Å². The number of anilines is 3. The summed E-state index contributed by atoms with van der Waals surface area (Å²) in [6, 6.07) is 26.0. The second-order valence-corrected chi connectivity index (χ2v) is 11.2. The first-order valence-corrected chi connectivity index (χ1v) is 14.9. The lowest BCUT2D eigenvalue weighted by atomic mass is 10.1. The number of primary amides is 1. The fourth-order valence-electron chi connectivity index (χ4n) is 4.65. The van der Waals surface area contributed by atoms with E-state index in [1.54, 1.807) is 25.3 Å². The van der Waals surface area contributed by atoms with E-state index in [2.05, 4.69) is 27.5 Å². The molecular weight excluding hydrogens is 584 g/mol. The average Bonchev–Trinajstić information content (AvgIpc) is 3.04. The molecular formula is C36H30N4O4S. The molecule has 1 aromatic heterocycles. The Hall–Kier alpha value is -5.59. The lowest BCUT2D eigenvalue weighted by Crippen LogP contribution is -2.14. The fourth-order valence-corrected chi connectivity index (χ4v) is 5.66. The van der Waals surface area contributed by atoms with E-state index in [4.69, 9.17) is 10.5 Å². The number of carbonyl (C=O) groups is 3. The zero-order valence-electron chi connectivity index (χ0n) is 24.7. The third-order valence-electron chi connectivity index (χ3n) is 6.83. The molecule has 0 saturated heterocycles. The molecule has 0 unspecified atom stereocenters. The summed E-state index contributed by atoms with van der Waals surface area (Å²) < 4.78 is 5.36. The highest BCUT2D eigenvalue weighted by atomic mass is 32.2. The summed E-state index contributed by atoms with van der Waals surface area (Å²) in [5.41, 5.74) is 10.9. The molecule has 9 heteroatoms. The summed E-state index contributed by atoms with van der Waals surface area (Å²) in [7, 11) is 1.59. The first-order valence-electron chi connectivity index (χ1n) is 14.1. The summed E-state index contributed by atoms with van der Waals surface area (Å²) in [6.07, 6.45) is 3.27. The summed E-state index contributed by atoms with van der Waals surface area (Å²) in [5, 5.41) is 7.02. The Morgan fingerprint density at radius 2 is 1.78 bits per heavy atom. The number of nitrogens with two attached hydrogens (primary N) is 1. The Labute approximate surface area is 265 Å². The zero-order valence-corrected chi connectivity index (χ0v) is 25.5. The maximum Gasteiger partial charge on any atom is 0.255 e. The zero-order chi connectivity index (χ0) is 31.8. The standard InChI is InChI=1S/C36H30N4O4S/c1-23-18-30(21-31-33(23)38-22-32(35(37)42)34(31)39-27-10-7-11-28(20-27)44-2)45-29-12-6-9-25(19-29)36(43)40-26-15-13-24(14-16-26)8-4-3-5-17-41/h6-7,9-22H,3,5H2,1-2H3,(H2,37,42)(H,38,39)(H,40,43). The monoisotopic (exact) mass is 614 g/mol. The van der Waals surface area contributed by atoms with E-state index in [0.29, 0.717) is 35.5 Å². The molecule has 4 N–H and O–H groups in total. The molecule has 45 heavy (non-hydrogen) atoms. The molecule has 4 aromatic carbocycles. The van der Waals surface area contributed by atoms with Gasteiger partial charge in [0.15, 0.2) is 0 Å². The van der Waals surface area contributed by atoms with Gasteiger partial charge in [-0.1, -0.05) is 35.7 Å². The molecule has 0 aliphatic heterocycles. The van der Waals surface area contributed by atoms with Crippen molar-refractivity contribution in [2.24, 2.45) is 5.73 Å². The summed E-state index contributed by atoms with van der Waals surface area (Å²) in [6.45, 7) is 1.96. The van der Waals surface area contributed by atoms with Gasteiger partial charge in [0.2, 0.25) is 0 Å². The maximum absolute atomic E-state index is 13.1. The largest absolute Gasteiger partial charge is 0.497 e. The van der Waals surface area contributed by atoms with Crippen LogP contribution in [0.15, 0.2) is 101 Å². The van der Waals surface area contributed by atoms with Crippen molar-refractivity contribution >= 4 is 57.8 Å². The van der Waals surface area contributed by atoms with Crippen molar-refractivity contribution in [1.82, 2.24) is 4.98 Å². The summed E-state index contributed by atoms with van der Waals surface area (Å²) >= 11 is 1.49. The van der Waals surface area contributed by atoms with E-state index < -0.39 is 5.91 Å². The first kappa shape index (κ1) is 30.9. The van der Waals surface area contributed by atoms with E-state index in [1.807, 2.05) is 73.7 Å². The number of ether oxygens (including phenoxy) is 1. The van der Waals surface area contributed by atoms with Crippen LogP contribution in [0, 0.1) is 18.8 Å². The van der Waals surface area contributed by atoms with E-state index >= 15 is 0 Å². The van der Waals surface area contributed by atoms with Gasteiger partial charge >= 0.3 is 0 Å². The molecule has 5 rings (SSSR count). The number of fused-ring (bicyclic) bond motifs is 1. The Morgan fingerprint density at radius 1 is 0.978 bits per heavy atom. The van der Waals surface area contributed by atoms with E-state index in [9.17, 15) is 14.4 Å². The van der Waals surface area contributed by atoms with Crippen molar-refractivity contribution in [3.05, 3.63) is 113 Å². The van der Waals surface area contributed by atoms with Crippen LogP contribution < -0.4 is 21.1 Å². The Balaban J connectivity index is 1.39. The first-order chi connectivity index (χ1) is 21.8. The molecule has 1 heterocycles. The number of methoxy groups -OCH3 is 1. The van der Waals surface area contributed by atoms with Crippen LogP contribution in [0.1, 0.15) is 44.7 Å². The number of amides is 2. The van der Waals surface area contributed by atoms with Gasteiger partial charge in [0.25, 0.3) is 11.8 Å². The van der Waals surface area contributed by atoms with Crippen LogP contribution in [0.4, 0.5) is 17.1 Å². The number of aromatic nitrogens is 1. The minimum atomic E-state index is -0.596. The second-order valence-electron chi connectivity index (χ2n) is 10.1. The fraction of sp³-hybridized carbons (Fsp3) is 0.111. The average molecular weight is 615 g/mol. The number of pyridine rings is 1. The molecule has 0 atom stereocenters. The SMILES string of the molecule is COc1cccc(Nc2c(C(N)=O)cnc3c(C)cc(Sc4cccc(C(=O)Nc5ccc(C#CCCC=O)cc5)c4)cc23)c1. The summed E-state index contributed by atoms with van der Waals surface area (Å²) in [4.78, 5) is 42.3. The maximum atomic E-state index is 13.1. The highest BCUT2D eigenvalue weighted by Crippen LogP contribution is 2.37. The minimum absolute atomic E-state index is 0.239. The van der Waals surface area contributed by atoms with Crippen LogP contribution in [0.25, 0.3) is 10.9 Å². The highest BCUT2D eigenvalue weighted by Gasteiger charge is 2.17. The highest BCUT2D eigenvalue weighted by molar-refractivity contribution is 7.99. The smallest absolute Gasteiger partial charge is 0.255 e. The van der Waals surface area contributed by atoms with Crippen LogP contribution in [-0.4, -0.2) is 30.2 Å². The van der Waals surface area contributed by atoms with Crippen molar-refractivity contribution in [3.63, 3.8) is 0 Å². The number of nitrogens with one attached hydrogen (secondary N) is 2. The van der Waals surface area contributed by atoms with Crippen molar-refractivity contribution < 1.29 is 19.1 Å². The molecule has 8 nitrogen and oxygen atoms in total. The van der Waals surface area contributed by atoms with Gasteiger partial charge in [-0.2, -0.15) is 0 Å². The third-order valence-corrected chi connectivity index (χ3v) is 7.80. The molecule has 5 aromatic rings. The van der Waals surface area contributed by atoms with Gasteiger partial charge in [-0.15, -0.1) is 0 Å². The van der Waals surface area contributed by atoms with Crippen molar-refractivity contribution in [2.45, 2.75) is 29.6 Å². The number of carbonyl (C=O) groups excluding carboxylic acids is 3. The number of aryl methyl sites for hydroxylation is 1. The van der Waals surface area contributed by atoms with Gasteiger partial charge in [-0.25, -0.2) is 0 Å². The van der Waals surface area contributed by atoms with Crippen LogP contribution in [-0.2, 0) is 4.79 Å². The Bertz CT molecular complexity index is 1960. The van der Waals surface area contributed by atoms with Gasteiger partial charge in [0.05, 0.1) is 23.9 Å². The van der Waals surface area contributed by atoms with Gasteiger partial charge in [-0.05, 0) is 79.2 Å². The molecule has 0 bridgehead atoms. The van der Waals surface area contributed by atoms with Crippen LogP contribution in [0.5, 0.6) is 5.75 Å². The van der Waals surface area contributed by atoms with Crippen LogP contribution in [0.3, 0.4) is 0 Å². The number of aldehydes is 1. The number of benzene rings is 4. The van der Waals surface area contributed by atoms with Crippen molar-refractivity contribution in [3.8, 4) is 17.6 Å². The van der Waals surface area contributed by atoms with Crippen LogP contribution >= 0.6 is 11.8 Å². The predicted octanol–water partition coefficient (Wildman–Crippen LogP) is 7.13. The molecule has 0 aliphatic carbocycles. The van der Waals surface area contributed by atoms with Crippen LogP contribution in [0.2, 0.25) is 0 Å². The topological polar surface area (TPSA) is 123 Å². The van der Waals surface area contributed by atoms with Gasteiger partial charge in [0.1, 0.15) is 12.0 Å². The normalized spacial score (nSPS) is 10.4. The molecule has 0 spiro atoms. The van der Waals surface area contributed by atoms with Crippen molar-refractivity contribution in [2.75, 3.05) is 17.7 Å². The number of hydrogen-bond acceptors (Lipinski definition) is 7. The number of hydrogen-bond donors (Lipinski definition) is 3. The van der Waals surface area contributed by atoms with E-state index in [-0.39, 0.29) is 11.5 Å². The number of rotatable bonds is 10. The van der Waals surface area contributed by atoms with E-state index in [0.717, 1.165) is 43.8 Å². The molecule has 0 fully saturated rings. The van der Waals surface area contributed by atoms with Gasteiger partial charge < -0.3 is 25.9 Å². The molecule has 2 amide bonds. The Kier molecular flexibility index (Phi) is 9.77. The third kappa shape index (κ3) is 7.68. The lowest BCUT2D eigenvalue weighted by molar-refractivity contribution is -0.107. The number of unbranched alkanes of at least 4 members (excludes halogenated alkanes) is 1. The van der Waals surface area contributed by atoms with Gasteiger partial charge in [0, 0.05) is 62.8 Å². The van der Waals surface area contributed by atoms with E-state index in [1.165, 1.54) is 18.0 Å². The molecule has 224 valence electrons. The lowest BCUT2D eigenvalue weighted by Gasteiger charge is -2.16. The predicted molar refractivity (Wildman–Crippen MR) is 178 cm³/mol. The second kappa shape index (κ2) is 14.3. The number of nitrogens with zero attached hydrogens (tertiary/aromatic N) is 1. The minimum Gasteiger partial charge on any atom is -0.497 e. The molecule has 0 radical (unpaired) electrons. The molecule has 0 aliphatic rings. The summed E-state index contributed by atoms with van der Waals surface area (Å²) in [5.74, 6) is 5.79. The quantitative estimate of drug-likeness (QED) is 0.0869. The van der Waals surface area contributed by atoms with Gasteiger partial charge in [-0.3, -0.25) is 14.6 Å². The Morgan fingerprint density at radius 3 is 2.53 bits per heavy atom. The molecule has 0 saturated carbocycles.